The van der Waals surface area contributed by atoms with Crippen LogP contribution >= 0.6 is 7.75 Å². The van der Waals surface area contributed by atoms with Crippen LogP contribution in [0.5, 0.6) is 0 Å². The Labute approximate surface area is 240 Å². The highest BCUT2D eigenvalue weighted by Crippen LogP contribution is 2.50. The smallest absolute Gasteiger partial charge is 0.394 e. The van der Waals surface area contributed by atoms with Gasteiger partial charge in [-0.15, -0.1) is 0 Å². The summed E-state index contributed by atoms with van der Waals surface area (Å²) >= 11 is 0. The first-order valence-electron chi connectivity index (χ1n) is 14.0. The minimum absolute atomic E-state index is 0.133. The zero-order valence-corrected chi connectivity index (χ0v) is 24.3. The third-order valence-corrected chi connectivity index (χ3v) is 9.38. The van der Waals surface area contributed by atoms with Gasteiger partial charge in [0.25, 0.3) is 11.1 Å². The zero-order valence-electron chi connectivity index (χ0n) is 23.4. The fraction of sp³-hybridized carbons (Fsp3) is 0.615. The molecule has 1 unspecified atom stereocenters. The summed E-state index contributed by atoms with van der Waals surface area (Å²) in [4.78, 5) is 52.7. The van der Waals surface area contributed by atoms with Crippen molar-refractivity contribution in [2.24, 2.45) is 0 Å². The summed E-state index contributed by atoms with van der Waals surface area (Å²) in [5, 5.41) is 13.0. The topological polar surface area (TPSA) is 196 Å². The Hall–Kier alpha value is -2.91. The number of hydrogen-bond donors (Lipinski definition) is 4. The van der Waals surface area contributed by atoms with E-state index in [1.807, 2.05) is 0 Å². The number of aryl methyl sites for hydroxylation is 2. The predicted molar refractivity (Wildman–Crippen MR) is 149 cm³/mol. The monoisotopic (exact) mass is 609 g/mol. The summed E-state index contributed by atoms with van der Waals surface area (Å²) in [7, 11) is -4.02. The fourth-order valence-corrected chi connectivity index (χ4v) is 7.18. The number of nitrogens with zero attached hydrogens (tertiary/aromatic N) is 2. The fourth-order valence-electron chi connectivity index (χ4n) is 5.36. The lowest BCUT2D eigenvalue weighted by atomic mass is 9.98. The molecule has 1 saturated carbocycles. The van der Waals surface area contributed by atoms with E-state index >= 15 is 0 Å². The molecule has 4 heterocycles. The number of rotatable bonds is 10. The van der Waals surface area contributed by atoms with Gasteiger partial charge in [0.1, 0.15) is 12.3 Å². The molecule has 1 saturated heterocycles. The Morgan fingerprint density at radius 1 is 0.976 bits per heavy atom. The van der Waals surface area contributed by atoms with Crippen LogP contribution in [0.4, 0.5) is 0 Å². The van der Waals surface area contributed by atoms with E-state index in [1.165, 1.54) is 21.5 Å². The van der Waals surface area contributed by atoms with Crippen molar-refractivity contribution in [1.29, 1.82) is 0 Å². The van der Waals surface area contributed by atoms with Gasteiger partial charge in [0.2, 0.25) is 0 Å². The van der Waals surface area contributed by atoms with Gasteiger partial charge in [0, 0.05) is 29.9 Å². The van der Waals surface area contributed by atoms with Crippen molar-refractivity contribution in [3.63, 3.8) is 0 Å². The Morgan fingerprint density at radius 3 is 2.29 bits per heavy atom. The summed E-state index contributed by atoms with van der Waals surface area (Å²) < 4.78 is 40.4. The van der Waals surface area contributed by atoms with Crippen LogP contribution in [0.2, 0.25) is 0 Å². The molecule has 2 aliphatic heterocycles. The summed E-state index contributed by atoms with van der Waals surface area (Å²) in [5.74, 6) is 0. The van der Waals surface area contributed by atoms with Gasteiger partial charge in [0.15, 0.2) is 6.23 Å². The molecule has 2 aromatic rings. The average Bonchev–Trinajstić information content (AvgIpc) is 3.59. The van der Waals surface area contributed by atoms with E-state index in [4.69, 9.17) is 18.5 Å². The van der Waals surface area contributed by atoms with Crippen molar-refractivity contribution < 1.29 is 28.2 Å². The molecule has 0 radical (unpaired) electrons. The molecule has 0 amide bonds. The maximum atomic E-state index is 14.2. The standard InChI is InChI=1S/C26H36N5O10P/c1-15-11-30(25(35)27-23(15)33)21-9-8-18(39-21)14-38-42(37,41-17-6-4-3-5-7-17)29-19-10-22(40-20(19)13-32)31-12-16(2)24(34)28-26(31)36/h8-9,11-12,17-22,32H,3-7,10,13-14H2,1-2H3,(H,29,37)(H,27,33,35)(H,28,34,36)/t18-,19-,20+,21+,22+,42?/m0/s1. The minimum atomic E-state index is -4.02. The van der Waals surface area contributed by atoms with E-state index < -0.39 is 67.6 Å². The second-order valence-electron chi connectivity index (χ2n) is 10.8. The van der Waals surface area contributed by atoms with Crippen LogP contribution in [0.1, 0.15) is 62.1 Å². The Kier molecular flexibility index (Phi) is 9.28. The number of aromatic amines is 2. The molecular formula is C26H36N5O10P. The van der Waals surface area contributed by atoms with Gasteiger partial charge >= 0.3 is 19.1 Å². The summed E-state index contributed by atoms with van der Waals surface area (Å²) in [5.41, 5.74) is -1.63. The predicted octanol–water partition coefficient (Wildman–Crippen LogP) is 0.869. The highest BCUT2D eigenvalue weighted by atomic mass is 31.2. The maximum absolute atomic E-state index is 14.2. The molecule has 0 bridgehead atoms. The van der Waals surface area contributed by atoms with Crippen molar-refractivity contribution in [1.82, 2.24) is 24.2 Å². The molecule has 5 rings (SSSR count). The number of aliphatic hydroxyl groups excluding tert-OH is 1. The minimum Gasteiger partial charge on any atom is -0.394 e. The summed E-state index contributed by atoms with van der Waals surface area (Å²) in [6, 6.07) is -0.718. The van der Waals surface area contributed by atoms with Crippen LogP contribution in [0, 0.1) is 13.8 Å². The van der Waals surface area contributed by atoms with Crippen LogP contribution in [0.15, 0.2) is 43.7 Å². The molecule has 2 aromatic heterocycles. The van der Waals surface area contributed by atoms with Crippen LogP contribution in [-0.2, 0) is 23.1 Å². The van der Waals surface area contributed by atoms with E-state index in [2.05, 4.69) is 15.1 Å². The molecule has 0 spiro atoms. The molecule has 2 fully saturated rings. The van der Waals surface area contributed by atoms with Crippen molar-refractivity contribution in [3.05, 3.63) is 77.3 Å². The molecule has 230 valence electrons. The molecule has 4 N–H and O–H groups in total. The molecule has 3 aliphatic rings. The van der Waals surface area contributed by atoms with E-state index in [0.29, 0.717) is 24.0 Å². The van der Waals surface area contributed by atoms with Gasteiger partial charge in [-0.3, -0.25) is 37.7 Å². The first kappa shape index (κ1) is 30.5. The highest BCUT2D eigenvalue weighted by Gasteiger charge is 2.43. The largest absolute Gasteiger partial charge is 0.406 e. The lowest BCUT2D eigenvalue weighted by Gasteiger charge is -2.30. The van der Waals surface area contributed by atoms with Gasteiger partial charge in [-0.05, 0) is 32.8 Å². The molecule has 16 heteroatoms. The van der Waals surface area contributed by atoms with Crippen LogP contribution in [-0.4, -0.2) is 61.8 Å². The average molecular weight is 610 g/mol. The third-order valence-electron chi connectivity index (χ3n) is 7.67. The quantitative estimate of drug-likeness (QED) is 0.220. The lowest BCUT2D eigenvalue weighted by molar-refractivity contribution is -0.0294. The van der Waals surface area contributed by atoms with Crippen LogP contribution in [0.3, 0.4) is 0 Å². The summed E-state index contributed by atoms with van der Waals surface area (Å²) in [6.45, 7) is 2.52. The second kappa shape index (κ2) is 12.8. The Morgan fingerprint density at radius 2 is 1.62 bits per heavy atom. The number of aliphatic hydroxyl groups is 1. The number of aromatic nitrogens is 4. The first-order chi connectivity index (χ1) is 20.0. The number of hydrogen-bond acceptors (Lipinski definition) is 10. The molecule has 15 nitrogen and oxygen atoms in total. The van der Waals surface area contributed by atoms with E-state index in [-0.39, 0.29) is 19.1 Å². The van der Waals surface area contributed by atoms with Crippen molar-refractivity contribution in [2.45, 2.75) is 89.2 Å². The Bertz CT molecular complexity index is 1590. The molecule has 0 aromatic carbocycles. The van der Waals surface area contributed by atoms with Crippen LogP contribution in [0.25, 0.3) is 0 Å². The van der Waals surface area contributed by atoms with E-state index in [9.17, 15) is 28.8 Å². The number of nitrogens with one attached hydrogen (secondary N) is 3. The SMILES string of the molecule is Cc1cn([C@H]2C=C[C@@H](COP(=O)(N[C@H]3C[C@H](n4cc(C)c(=O)[nH]c4=O)O[C@@H]3CO)OC3CCCCC3)O2)c(=O)[nH]c1=O. The molecule has 42 heavy (non-hydrogen) atoms. The van der Waals surface area contributed by atoms with E-state index in [1.54, 1.807) is 26.0 Å². The Balaban J connectivity index is 1.30. The van der Waals surface area contributed by atoms with Crippen molar-refractivity contribution in [3.8, 4) is 0 Å². The van der Waals surface area contributed by atoms with Crippen LogP contribution < -0.4 is 27.6 Å². The first-order valence-corrected chi connectivity index (χ1v) is 15.5. The number of ether oxygens (including phenoxy) is 2. The highest BCUT2D eigenvalue weighted by molar-refractivity contribution is 7.51. The summed E-state index contributed by atoms with van der Waals surface area (Å²) in [6.07, 6.45) is 7.09. The van der Waals surface area contributed by atoms with Gasteiger partial charge in [0.05, 0.1) is 31.5 Å². The third kappa shape index (κ3) is 6.83. The molecule has 6 atom stereocenters. The number of H-pyrrole nitrogens is 2. The molecular weight excluding hydrogens is 573 g/mol. The molecule has 1 aliphatic carbocycles. The van der Waals surface area contributed by atoms with Gasteiger partial charge in [-0.25, -0.2) is 19.2 Å². The van der Waals surface area contributed by atoms with Gasteiger partial charge < -0.3 is 14.6 Å². The van der Waals surface area contributed by atoms with E-state index in [0.717, 1.165) is 19.3 Å². The van der Waals surface area contributed by atoms with Gasteiger partial charge in [-0.2, -0.15) is 0 Å². The lowest BCUT2D eigenvalue weighted by Crippen LogP contribution is -2.38. The zero-order chi connectivity index (χ0) is 30.0. The maximum Gasteiger partial charge on any atom is 0.406 e. The second-order valence-corrected chi connectivity index (χ2v) is 12.6. The van der Waals surface area contributed by atoms with Gasteiger partial charge in [-0.1, -0.05) is 25.3 Å². The van der Waals surface area contributed by atoms with Crippen molar-refractivity contribution in [2.75, 3.05) is 13.2 Å². The normalized spacial score (nSPS) is 27.8. The van der Waals surface area contributed by atoms with Crippen molar-refractivity contribution >= 4 is 7.75 Å².